The van der Waals surface area contributed by atoms with Crippen molar-refractivity contribution in [1.29, 1.82) is 0 Å². The van der Waals surface area contributed by atoms with Crippen molar-refractivity contribution in [2.24, 2.45) is 5.92 Å². The molecule has 4 rings (SSSR count). The highest BCUT2D eigenvalue weighted by Gasteiger charge is 2.44. The van der Waals surface area contributed by atoms with E-state index in [1.807, 2.05) is 0 Å². The molecule has 0 aromatic heterocycles. The van der Waals surface area contributed by atoms with Crippen LogP contribution in [0.2, 0.25) is 0 Å². The lowest BCUT2D eigenvalue weighted by atomic mass is 10.1. The Balaban J connectivity index is 1.40. The van der Waals surface area contributed by atoms with Crippen molar-refractivity contribution in [1.82, 2.24) is 0 Å². The van der Waals surface area contributed by atoms with Gasteiger partial charge in [-0.05, 0) is 48.2 Å². The Labute approximate surface area is 152 Å². The van der Waals surface area contributed by atoms with E-state index < -0.39 is 11.7 Å². The second kappa shape index (κ2) is 6.29. The summed E-state index contributed by atoms with van der Waals surface area (Å²) in [6.45, 7) is -0.0460. The molecule has 2 N–H and O–H groups in total. The summed E-state index contributed by atoms with van der Waals surface area (Å²) >= 11 is 0. The minimum Gasteiger partial charge on any atom is -0.482 e. The zero-order chi connectivity index (χ0) is 19.2. The van der Waals surface area contributed by atoms with Crippen LogP contribution in [0, 0.1) is 5.92 Å². The maximum Gasteiger partial charge on any atom is 0.416 e. The topological polar surface area (TPSA) is 67.4 Å². The monoisotopic (exact) mass is 376 g/mol. The van der Waals surface area contributed by atoms with Crippen molar-refractivity contribution in [3.8, 4) is 5.75 Å². The van der Waals surface area contributed by atoms with Crippen molar-refractivity contribution in [2.45, 2.75) is 18.5 Å². The fraction of sp³-hybridized carbons (Fsp3) is 0.263. The number of fused-ring (bicyclic) bond motifs is 1. The molecule has 1 aliphatic carbocycles. The van der Waals surface area contributed by atoms with Gasteiger partial charge in [0.25, 0.3) is 5.91 Å². The third-order valence-electron chi connectivity index (χ3n) is 4.67. The molecule has 2 aliphatic rings. The van der Waals surface area contributed by atoms with Crippen LogP contribution >= 0.6 is 0 Å². The Bertz CT molecular complexity index is 909. The molecule has 2 aromatic carbocycles. The third-order valence-corrected chi connectivity index (χ3v) is 4.67. The van der Waals surface area contributed by atoms with Crippen LogP contribution in [0.5, 0.6) is 5.75 Å². The normalized spacial score (nSPS) is 20.9. The van der Waals surface area contributed by atoms with E-state index in [0.29, 0.717) is 29.1 Å². The van der Waals surface area contributed by atoms with Gasteiger partial charge in [0.2, 0.25) is 5.91 Å². The summed E-state index contributed by atoms with van der Waals surface area (Å²) in [5, 5.41) is 5.44. The van der Waals surface area contributed by atoms with Crippen molar-refractivity contribution in [2.75, 3.05) is 17.2 Å². The van der Waals surface area contributed by atoms with Gasteiger partial charge < -0.3 is 15.4 Å². The Kier molecular flexibility index (Phi) is 4.05. The lowest BCUT2D eigenvalue weighted by Gasteiger charge is -2.18. The second-order valence-corrected chi connectivity index (χ2v) is 6.61. The molecule has 2 amide bonds. The van der Waals surface area contributed by atoms with Crippen LogP contribution in [0.1, 0.15) is 23.5 Å². The van der Waals surface area contributed by atoms with E-state index in [4.69, 9.17) is 4.74 Å². The number of halogens is 3. The number of carbonyl (C=O) groups is 2. The van der Waals surface area contributed by atoms with Gasteiger partial charge in [0, 0.05) is 11.6 Å². The van der Waals surface area contributed by atoms with Gasteiger partial charge in [0.15, 0.2) is 6.61 Å². The molecule has 0 radical (unpaired) electrons. The molecule has 1 heterocycles. The average molecular weight is 376 g/mol. The van der Waals surface area contributed by atoms with Gasteiger partial charge in [-0.15, -0.1) is 0 Å². The Morgan fingerprint density at radius 1 is 1.15 bits per heavy atom. The van der Waals surface area contributed by atoms with Crippen LogP contribution in [0.25, 0.3) is 0 Å². The first-order chi connectivity index (χ1) is 12.8. The molecule has 0 saturated heterocycles. The number of nitrogens with one attached hydrogen (secondary N) is 2. The van der Waals surface area contributed by atoms with E-state index in [9.17, 15) is 22.8 Å². The molecule has 0 spiro atoms. The van der Waals surface area contributed by atoms with Gasteiger partial charge in [0.1, 0.15) is 5.75 Å². The van der Waals surface area contributed by atoms with Gasteiger partial charge in [-0.25, -0.2) is 0 Å². The smallest absolute Gasteiger partial charge is 0.416 e. The summed E-state index contributed by atoms with van der Waals surface area (Å²) in [7, 11) is 0. The molecule has 2 aromatic rings. The maximum atomic E-state index is 12.6. The highest BCUT2D eigenvalue weighted by Crippen LogP contribution is 2.48. The Morgan fingerprint density at radius 3 is 2.59 bits per heavy atom. The molecular formula is C19H15F3N2O3. The van der Waals surface area contributed by atoms with Gasteiger partial charge in [-0.3, -0.25) is 9.59 Å². The molecule has 2 unspecified atom stereocenters. The number of carbonyl (C=O) groups excluding carboxylic acids is 2. The Hall–Kier alpha value is -3.03. The molecule has 1 fully saturated rings. The number of anilines is 2. The van der Waals surface area contributed by atoms with E-state index in [-0.39, 0.29) is 30.3 Å². The van der Waals surface area contributed by atoms with Crippen molar-refractivity contribution in [3.63, 3.8) is 0 Å². The number of hydrogen-bond donors (Lipinski definition) is 2. The fourth-order valence-electron chi connectivity index (χ4n) is 3.17. The van der Waals surface area contributed by atoms with Gasteiger partial charge in [-0.1, -0.05) is 12.1 Å². The van der Waals surface area contributed by atoms with Crippen LogP contribution < -0.4 is 15.4 Å². The first kappa shape index (κ1) is 17.4. The number of hydrogen-bond acceptors (Lipinski definition) is 3. The number of rotatable bonds is 3. The molecule has 8 heteroatoms. The van der Waals surface area contributed by atoms with Crippen LogP contribution in [0.3, 0.4) is 0 Å². The van der Waals surface area contributed by atoms with Gasteiger partial charge in [-0.2, -0.15) is 13.2 Å². The Morgan fingerprint density at radius 2 is 1.89 bits per heavy atom. The minimum absolute atomic E-state index is 0.0460. The minimum atomic E-state index is -4.37. The fourth-order valence-corrected chi connectivity index (χ4v) is 3.17. The molecule has 2 atom stereocenters. The second-order valence-electron chi connectivity index (χ2n) is 6.61. The molecule has 27 heavy (non-hydrogen) atoms. The van der Waals surface area contributed by atoms with Gasteiger partial charge in [0.05, 0.1) is 11.3 Å². The first-order valence-electron chi connectivity index (χ1n) is 8.36. The predicted molar refractivity (Wildman–Crippen MR) is 91.5 cm³/mol. The maximum absolute atomic E-state index is 12.6. The molecular weight excluding hydrogens is 361 g/mol. The third kappa shape index (κ3) is 3.60. The van der Waals surface area contributed by atoms with E-state index in [1.165, 1.54) is 12.1 Å². The van der Waals surface area contributed by atoms with E-state index in [1.54, 1.807) is 18.2 Å². The van der Waals surface area contributed by atoms with E-state index in [0.717, 1.165) is 12.1 Å². The quantitative estimate of drug-likeness (QED) is 0.857. The number of benzene rings is 2. The predicted octanol–water partition coefficient (Wildman–Crippen LogP) is 3.78. The zero-order valence-corrected chi connectivity index (χ0v) is 14.0. The lowest BCUT2D eigenvalue weighted by molar-refractivity contribution is -0.137. The highest BCUT2D eigenvalue weighted by atomic mass is 19.4. The standard InChI is InChI=1S/C19H15F3N2O3/c20-19(21,22)11-3-1-10(2-4-11)13-8-14(13)18(26)23-12-5-6-16-15(7-12)24-17(25)9-27-16/h1-7,13-14H,8-9H2,(H,23,26)(H,24,25). The zero-order valence-electron chi connectivity index (χ0n) is 14.0. The largest absolute Gasteiger partial charge is 0.482 e. The summed E-state index contributed by atoms with van der Waals surface area (Å²) in [5.74, 6) is -0.323. The molecule has 1 aliphatic heterocycles. The van der Waals surface area contributed by atoms with Crippen LogP contribution in [-0.4, -0.2) is 18.4 Å². The molecule has 0 bridgehead atoms. The summed E-state index contributed by atoms with van der Waals surface area (Å²) in [6.07, 6.45) is -3.79. The van der Waals surface area contributed by atoms with Gasteiger partial charge >= 0.3 is 6.18 Å². The lowest BCUT2D eigenvalue weighted by Crippen LogP contribution is -2.25. The van der Waals surface area contributed by atoms with Crippen molar-refractivity contribution >= 4 is 23.2 Å². The summed E-state index contributed by atoms with van der Waals surface area (Å²) in [6, 6.07) is 9.86. The number of ether oxygens (including phenoxy) is 1. The molecule has 1 saturated carbocycles. The summed E-state index contributed by atoms with van der Waals surface area (Å²) < 4.78 is 43.1. The van der Waals surface area contributed by atoms with Crippen molar-refractivity contribution in [3.05, 3.63) is 53.6 Å². The average Bonchev–Trinajstić information content (AvgIpc) is 3.41. The van der Waals surface area contributed by atoms with Crippen LogP contribution in [-0.2, 0) is 15.8 Å². The summed E-state index contributed by atoms with van der Waals surface area (Å²) in [4.78, 5) is 23.8. The first-order valence-corrected chi connectivity index (χ1v) is 8.36. The summed E-state index contributed by atoms with van der Waals surface area (Å²) in [5.41, 5.74) is 1.02. The van der Waals surface area contributed by atoms with Crippen LogP contribution in [0.15, 0.2) is 42.5 Å². The highest BCUT2D eigenvalue weighted by molar-refractivity contribution is 5.99. The number of amides is 2. The van der Waals surface area contributed by atoms with Crippen LogP contribution in [0.4, 0.5) is 24.5 Å². The SMILES string of the molecule is O=C1COc2ccc(NC(=O)C3CC3c3ccc(C(F)(F)F)cc3)cc2N1. The molecule has 140 valence electrons. The molecule has 5 nitrogen and oxygen atoms in total. The number of alkyl halides is 3. The van der Waals surface area contributed by atoms with E-state index in [2.05, 4.69) is 10.6 Å². The van der Waals surface area contributed by atoms with Crippen molar-refractivity contribution < 1.29 is 27.5 Å². The van der Waals surface area contributed by atoms with E-state index >= 15 is 0 Å².